The molecule has 2 unspecified atom stereocenters. The monoisotopic (exact) mass is 272 g/mol. The van der Waals surface area contributed by atoms with E-state index in [0.717, 1.165) is 5.46 Å². The maximum Gasteiger partial charge on any atom is 0.494 e. The Morgan fingerprint density at radius 3 is 2.10 bits per heavy atom. The third kappa shape index (κ3) is 2.03. The van der Waals surface area contributed by atoms with E-state index in [4.69, 9.17) is 9.31 Å². The van der Waals surface area contributed by atoms with Gasteiger partial charge in [0.05, 0.1) is 11.2 Å². The molecule has 1 aromatic rings. The molecule has 1 aliphatic carbocycles. The molecule has 1 aromatic carbocycles. The average Bonchev–Trinajstić information content (AvgIpc) is 2.74. The van der Waals surface area contributed by atoms with E-state index in [1.165, 1.54) is 17.5 Å². The molecule has 3 rings (SSSR count). The average molecular weight is 272 g/mol. The Morgan fingerprint density at radius 2 is 1.50 bits per heavy atom. The second-order valence-electron chi connectivity index (χ2n) is 7.51. The zero-order valence-electron chi connectivity index (χ0n) is 13.5. The second-order valence-corrected chi connectivity index (χ2v) is 7.51. The first-order valence-corrected chi connectivity index (χ1v) is 7.70. The summed E-state index contributed by atoms with van der Waals surface area (Å²) in [6.45, 7) is 13.0. The van der Waals surface area contributed by atoms with Crippen molar-refractivity contribution in [3.63, 3.8) is 0 Å². The summed E-state index contributed by atoms with van der Waals surface area (Å²) < 4.78 is 12.3. The summed E-state index contributed by atoms with van der Waals surface area (Å²) in [5.74, 6) is 1.31. The molecule has 1 fully saturated rings. The molecule has 0 saturated carbocycles. The highest BCUT2D eigenvalue weighted by Gasteiger charge is 2.51. The van der Waals surface area contributed by atoms with Gasteiger partial charge in [0, 0.05) is 0 Å². The van der Waals surface area contributed by atoms with Gasteiger partial charge in [0.15, 0.2) is 0 Å². The van der Waals surface area contributed by atoms with Crippen molar-refractivity contribution in [3.8, 4) is 0 Å². The zero-order valence-corrected chi connectivity index (χ0v) is 13.5. The van der Waals surface area contributed by atoms with Crippen LogP contribution >= 0.6 is 0 Å². The lowest BCUT2D eigenvalue weighted by molar-refractivity contribution is 0.00578. The minimum atomic E-state index is -0.268. The Kier molecular flexibility index (Phi) is 3.08. The first-order valence-electron chi connectivity index (χ1n) is 7.70. The van der Waals surface area contributed by atoms with Gasteiger partial charge in [-0.2, -0.15) is 0 Å². The smallest absolute Gasteiger partial charge is 0.399 e. The molecule has 0 amide bonds. The summed E-state index contributed by atoms with van der Waals surface area (Å²) in [6.07, 6.45) is 1.25. The lowest BCUT2D eigenvalue weighted by Crippen LogP contribution is -2.41. The fraction of sp³-hybridized carbons (Fsp3) is 0.647. The minimum Gasteiger partial charge on any atom is -0.399 e. The Morgan fingerprint density at radius 1 is 0.950 bits per heavy atom. The maximum absolute atomic E-state index is 6.15. The summed E-state index contributed by atoms with van der Waals surface area (Å²) in [5.41, 5.74) is 3.59. The van der Waals surface area contributed by atoms with Crippen molar-refractivity contribution in [1.29, 1.82) is 0 Å². The van der Waals surface area contributed by atoms with Gasteiger partial charge in [-0.3, -0.25) is 0 Å². The summed E-state index contributed by atoms with van der Waals surface area (Å²) in [5, 5.41) is 0. The standard InChI is InChI=1S/C17H25BO2/c1-11-9-12(2)15-10-13(7-8-14(11)15)18-19-16(3,4)17(5,6)20-18/h7-8,10-12H,9H2,1-6H3. The molecule has 2 aliphatic rings. The Labute approximate surface area is 123 Å². The van der Waals surface area contributed by atoms with Crippen LogP contribution in [0.25, 0.3) is 0 Å². The highest BCUT2D eigenvalue weighted by Crippen LogP contribution is 2.41. The van der Waals surface area contributed by atoms with Gasteiger partial charge in [-0.1, -0.05) is 32.0 Å². The first kappa shape index (κ1) is 14.2. The molecule has 3 heteroatoms. The molecule has 0 N–H and O–H groups in total. The van der Waals surface area contributed by atoms with Crippen LogP contribution < -0.4 is 5.46 Å². The van der Waals surface area contributed by atoms with Crippen molar-refractivity contribution in [1.82, 2.24) is 0 Å². The van der Waals surface area contributed by atoms with Gasteiger partial charge in [-0.15, -0.1) is 0 Å². The molecule has 0 spiro atoms. The lowest BCUT2D eigenvalue weighted by atomic mass is 9.77. The Hall–Kier alpha value is -0.795. The number of hydrogen-bond acceptors (Lipinski definition) is 2. The van der Waals surface area contributed by atoms with Gasteiger partial charge < -0.3 is 9.31 Å². The van der Waals surface area contributed by atoms with Crippen molar-refractivity contribution in [2.45, 2.75) is 71.0 Å². The van der Waals surface area contributed by atoms with E-state index in [9.17, 15) is 0 Å². The molecule has 108 valence electrons. The predicted molar refractivity (Wildman–Crippen MR) is 83.6 cm³/mol. The summed E-state index contributed by atoms with van der Waals surface area (Å²) in [6, 6.07) is 6.74. The molecular weight excluding hydrogens is 247 g/mol. The van der Waals surface area contributed by atoms with Crippen LogP contribution in [0.1, 0.15) is 70.9 Å². The highest BCUT2D eigenvalue weighted by atomic mass is 16.7. The van der Waals surface area contributed by atoms with E-state index < -0.39 is 0 Å². The quantitative estimate of drug-likeness (QED) is 0.727. The maximum atomic E-state index is 6.15. The molecule has 2 nitrogen and oxygen atoms in total. The van der Waals surface area contributed by atoms with E-state index in [1.807, 2.05) is 0 Å². The van der Waals surface area contributed by atoms with Crippen LogP contribution in [-0.4, -0.2) is 18.3 Å². The molecule has 0 radical (unpaired) electrons. The summed E-state index contributed by atoms with van der Waals surface area (Å²) in [7, 11) is -0.242. The molecule has 1 saturated heterocycles. The van der Waals surface area contributed by atoms with Crippen molar-refractivity contribution < 1.29 is 9.31 Å². The molecule has 0 aromatic heterocycles. The van der Waals surface area contributed by atoms with E-state index in [0.29, 0.717) is 11.8 Å². The van der Waals surface area contributed by atoms with Crippen LogP contribution in [0.2, 0.25) is 0 Å². The number of rotatable bonds is 1. The number of hydrogen-bond donors (Lipinski definition) is 0. The molecule has 2 atom stereocenters. The van der Waals surface area contributed by atoms with E-state index >= 15 is 0 Å². The van der Waals surface area contributed by atoms with Crippen LogP contribution in [0.5, 0.6) is 0 Å². The van der Waals surface area contributed by atoms with Gasteiger partial charge in [-0.25, -0.2) is 0 Å². The molecule has 20 heavy (non-hydrogen) atoms. The molecule has 1 aliphatic heterocycles. The number of benzene rings is 1. The van der Waals surface area contributed by atoms with Gasteiger partial charge >= 0.3 is 7.12 Å². The zero-order chi connectivity index (χ0) is 14.7. The van der Waals surface area contributed by atoms with Crippen molar-refractivity contribution in [3.05, 3.63) is 29.3 Å². The van der Waals surface area contributed by atoms with Crippen LogP contribution in [0.3, 0.4) is 0 Å². The van der Waals surface area contributed by atoms with Gasteiger partial charge in [0.2, 0.25) is 0 Å². The molecular formula is C17H25BO2. The van der Waals surface area contributed by atoms with E-state index in [-0.39, 0.29) is 18.3 Å². The van der Waals surface area contributed by atoms with E-state index in [1.54, 1.807) is 0 Å². The SMILES string of the molecule is CC1CC(C)c2cc(B3OC(C)(C)C(C)(C)O3)ccc21. The van der Waals surface area contributed by atoms with Crippen LogP contribution in [0, 0.1) is 0 Å². The van der Waals surface area contributed by atoms with Crippen molar-refractivity contribution in [2.75, 3.05) is 0 Å². The minimum absolute atomic E-state index is 0.242. The van der Waals surface area contributed by atoms with Crippen molar-refractivity contribution >= 4 is 12.6 Å². The van der Waals surface area contributed by atoms with Gasteiger partial charge in [0.25, 0.3) is 0 Å². The first-order chi connectivity index (χ1) is 9.21. The Bertz CT molecular complexity index is 520. The normalized spacial score (nSPS) is 30.6. The fourth-order valence-electron chi connectivity index (χ4n) is 3.38. The molecule has 1 heterocycles. The fourth-order valence-corrected chi connectivity index (χ4v) is 3.38. The highest BCUT2D eigenvalue weighted by molar-refractivity contribution is 6.62. The topological polar surface area (TPSA) is 18.5 Å². The summed E-state index contributed by atoms with van der Waals surface area (Å²) in [4.78, 5) is 0. The van der Waals surface area contributed by atoms with Crippen molar-refractivity contribution in [2.24, 2.45) is 0 Å². The Balaban J connectivity index is 1.92. The van der Waals surface area contributed by atoms with E-state index in [2.05, 4.69) is 59.7 Å². The third-order valence-electron chi connectivity index (χ3n) is 5.41. The van der Waals surface area contributed by atoms with Gasteiger partial charge in [0.1, 0.15) is 0 Å². The summed E-state index contributed by atoms with van der Waals surface area (Å²) >= 11 is 0. The van der Waals surface area contributed by atoms with Crippen LogP contribution in [0.4, 0.5) is 0 Å². The third-order valence-corrected chi connectivity index (χ3v) is 5.41. The molecule has 0 bridgehead atoms. The predicted octanol–water partition coefficient (Wildman–Crippen LogP) is 3.60. The van der Waals surface area contributed by atoms with Crippen LogP contribution in [-0.2, 0) is 9.31 Å². The van der Waals surface area contributed by atoms with Crippen LogP contribution in [0.15, 0.2) is 18.2 Å². The second kappa shape index (κ2) is 4.35. The lowest BCUT2D eigenvalue weighted by Gasteiger charge is -2.32. The number of fused-ring (bicyclic) bond motifs is 1. The largest absolute Gasteiger partial charge is 0.494 e. The van der Waals surface area contributed by atoms with Gasteiger partial charge in [-0.05, 0) is 62.5 Å².